The van der Waals surface area contributed by atoms with Crippen molar-refractivity contribution in [1.29, 1.82) is 5.26 Å². The fraction of sp³-hybridized carbons (Fsp3) is 0.125. The number of anilines is 1. The zero-order valence-electron chi connectivity index (χ0n) is 11.5. The summed E-state index contributed by atoms with van der Waals surface area (Å²) in [6.45, 7) is 0.598. The predicted molar refractivity (Wildman–Crippen MR) is 83.3 cm³/mol. The average molecular weight is 300 g/mol. The van der Waals surface area contributed by atoms with E-state index in [1.807, 2.05) is 24.3 Å². The summed E-state index contributed by atoms with van der Waals surface area (Å²) in [5.74, 6) is -0.106. The Kier molecular flexibility index (Phi) is 4.81. The summed E-state index contributed by atoms with van der Waals surface area (Å²) in [5, 5.41) is 15.2. The number of carbonyl (C=O) groups is 1. The van der Waals surface area contributed by atoms with E-state index in [0.717, 1.165) is 11.3 Å². The van der Waals surface area contributed by atoms with E-state index in [1.54, 1.807) is 31.3 Å². The van der Waals surface area contributed by atoms with Crippen LogP contribution in [-0.2, 0) is 6.54 Å². The smallest absolute Gasteiger partial charge is 0.251 e. The van der Waals surface area contributed by atoms with E-state index in [4.69, 9.17) is 16.9 Å². The standard InChI is InChI=1S/C16H14ClN3O/c1-19-16(21)12-4-2-11(3-5-12)10-20-14-6-7-15(17)13(8-14)9-18/h2-8,20H,10H2,1H3,(H,19,21). The van der Waals surface area contributed by atoms with Crippen LogP contribution in [0.2, 0.25) is 5.02 Å². The molecular formula is C16H14ClN3O. The highest BCUT2D eigenvalue weighted by Crippen LogP contribution is 2.20. The lowest BCUT2D eigenvalue weighted by molar-refractivity contribution is 0.0963. The summed E-state index contributed by atoms with van der Waals surface area (Å²) in [6.07, 6.45) is 0. The maximum Gasteiger partial charge on any atom is 0.251 e. The van der Waals surface area contributed by atoms with E-state index in [-0.39, 0.29) is 5.91 Å². The molecule has 0 aliphatic rings. The highest BCUT2D eigenvalue weighted by Gasteiger charge is 2.03. The zero-order chi connectivity index (χ0) is 15.2. The molecule has 0 atom stereocenters. The minimum Gasteiger partial charge on any atom is -0.381 e. The third-order valence-electron chi connectivity index (χ3n) is 3.03. The molecule has 0 radical (unpaired) electrons. The number of benzene rings is 2. The molecule has 0 aliphatic carbocycles. The quantitative estimate of drug-likeness (QED) is 0.911. The molecule has 0 aromatic heterocycles. The van der Waals surface area contributed by atoms with Crippen LogP contribution in [0.15, 0.2) is 42.5 Å². The van der Waals surface area contributed by atoms with Crippen molar-refractivity contribution in [2.24, 2.45) is 0 Å². The number of carbonyl (C=O) groups excluding carboxylic acids is 1. The van der Waals surface area contributed by atoms with Crippen molar-refractivity contribution in [1.82, 2.24) is 5.32 Å². The second kappa shape index (κ2) is 6.78. The van der Waals surface area contributed by atoms with Gasteiger partial charge in [0.05, 0.1) is 10.6 Å². The van der Waals surface area contributed by atoms with E-state index < -0.39 is 0 Å². The van der Waals surface area contributed by atoms with E-state index in [1.165, 1.54) is 0 Å². The largest absolute Gasteiger partial charge is 0.381 e. The molecule has 0 saturated heterocycles. The number of hydrogen-bond acceptors (Lipinski definition) is 3. The Balaban J connectivity index is 2.03. The minimum absolute atomic E-state index is 0.106. The molecule has 0 fully saturated rings. The van der Waals surface area contributed by atoms with Crippen LogP contribution in [0.5, 0.6) is 0 Å². The van der Waals surface area contributed by atoms with Crippen molar-refractivity contribution in [3.05, 3.63) is 64.2 Å². The number of rotatable bonds is 4. The Morgan fingerprint density at radius 2 is 1.95 bits per heavy atom. The number of hydrogen-bond donors (Lipinski definition) is 2. The molecule has 2 aromatic carbocycles. The first kappa shape index (κ1) is 14.9. The fourth-order valence-corrected chi connectivity index (χ4v) is 2.00. The van der Waals surface area contributed by atoms with Crippen LogP contribution in [-0.4, -0.2) is 13.0 Å². The monoisotopic (exact) mass is 299 g/mol. The van der Waals surface area contributed by atoms with Gasteiger partial charge in [-0.3, -0.25) is 4.79 Å². The maximum absolute atomic E-state index is 11.4. The van der Waals surface area contributed by atoms with Crippen LogP contribution >= 0.6 is 11.6 Å². The first-order valence-corrected chi connectivity index (χ1v) is 6.76. The second-order valence-corrected chi connectivity index (χ2v) is 4.84. The molecular weight excluding hydrogens is 286 g/mol. The number of amides is 1. The molecule has 0 spiro atoms. The lowest BCUT2D eigenvalue weighted by Gasteiger charge is -2.08. The highest BCUT2D eigenvalue weighted by molar-refractivity contribution is 6.31. The van der Waals surface area contributed by atoms with Crippen LogP contribution in [0.25, 0.3) is 0 Å². The number of halogens is 1. The predicted octanol–water partition coefficient (Wildman–Crippen LogP) is 3.18. The van der Waals surface area contributed by atoms with Gasteiger partial charge in [0.25, 0.3) is 5.91 Å². The van der Waals surface area contributed by atoms with Crippen LogP contribution in [0.1, 0.15) is 21.5 Å². The molecule has 0 bridgehead atoms. The van der Waals surface area contributed by atoms with E-state index >= 15 is 0 Å². The second-order valence-electron chi connectivity index (χ2n) is 4.44. The molecule has 0 heterocycles. The summed E-state index contributed by atoms with van der Waals surface area (Å²) >= 11 is 5.89. The Hall–Kier alpha value is -2.51. The molecule has 2 rings (SSSR count). The Morgan fingerprint density at radius 1 is 1.24 bits per heavy atom. The van der Waals surface area contributed by atoms with Gasteiger partial charge in [-0.1, -0.05) is 23.7 Å². The molecule has 1 amide bonds. The third kappa shape index (κ3) is 3.74. The summed E-state index contributed by atoms with van der Waals surface area (Å²) in [5.41, 5.74) is 2.93. The van der Waals surface area contributed by atoms with Crippen LogP contribution < -0.4 is 10.6 Å². The Bertz CT molecular complexity index is 690. The minimum atomic E-state index is -0.106. The molecule has 2 N–H and O–H groups in total. The molecule has 0 saturated carbocycles. The number of nitrogens with zero attached hydrogens (tertiary/aromatic N) is 1. The van der Waals surface area contributed by atoms with Gasteiger partial charge in [0.2, 0.25) is 0 Å². The summed E-state index contributed by atoms with van der Waals surface area (Å²) in [6, 6.07) is 14.6. The normalized spacial score (nSPS) is 9.76. The molecule has 0 aliphatic heterocycles. The van der Waals surface area contributed by atoms with Crippen molar-refractivity contribution in [3.63, 3.8) is 0 Å². The van der Waals surface area contributed by atoms with E-state index in [9.17, 15) is 4.79 Å². The number of nitrogens with one attached hydrogen (secondary N) is 2. The first-order valence-electron chi connectivity index (χ1n) is 6.38. The zero-order valence-corrected chi connectivity index (χ0v) is 12.2. The van der Waals surface area contributed by atoms with Gasteiger partial charge in [-0.05, 0) is 35.9 Å². The first-order chi connectivity index (χ1) is 10.1. The summed E-state index contributed by atoms with van der Waals surface area (Å²) in [4.78, 5) is 11.4. The SMILES string of the molecule is CNC(=O)c1ccc(CNc2ccc(Cl)c(C#N)c2)cc1. The van der Waals surface area contributed by atoms with Gasteiger partial charge in [-0.2, -0.15) is 5.26 Å². The van der Waals surface area contributed by atoms with Crippen molar-refractivity contribution in [3.8, 4) is 6.07 Å². The van der Waals surface area contributed by atoms with Gasteiger partial charge in [0.1, 0.15) is 6.07 Å². The van der Waals surface area contributed by atoms with Gasteiger partial charge in [-0.15, -0.1) is 0 Å². The molecule has 106 valence electrons. The van der Waals surface area contributed by atoms with Crippen molar-refractivity contribution < 1.29 is 4.79 Å². The maximum atomic E-state index is 11.4. The van der Waals surface area contributed by atoms with Crippen LogP contribution in [0.4, 0.5) is 5.69 Å². The van der Waals surface area contributed by atoms with Gasteiger partial charge in [0.15, 0.2) is 0 Å². The third-order valence-corrected chi connectivity index (χ3v) is 3.36. The molecule has 21 heavy (non-hydrogen) atoms. The highest BCUT2D eigenvalue weighted by atomic mass is 35.5. The van der Waals surface area contributed by atoms with Crippen LogP contribution in [0, 0.1) is 11.3 Å². The lowest BCUT2D eigenvalue weighted by Crippen LogP contribution is -2.17. The van der Waals surface area contributed by atoms with Gasteiger partial charge < -0.3 is 10.6 Å². The lowest BCUT2D eigenvalue weighted by atomic mass is 10.1. The molecule has 4 nitrogen and oxygen atoms in total. The Morgan fingerprint density at radius 3 is 2.57 bits per heavy atom. The molecule has 5 heteroatoms. The summed E-state index contributed by atoms with van der Waals surface area (Å²) in [7, 11) is 1.60. The van der Waals surface area contributed by atoms with Crippen LogP contribution in [0.3, 0.4) is 0 Å². The van der Waals surface area contributed by atoms with E-state index in [0.29, 0.717) is 22.7 Å². The van der Waals surface area contributed by atoms with Crippen molar-refractivity contribution in [2.75, 3.05) is 12.4 Å². The van der Waals surface area contributed by atoms with E-state index in [2.05, 4.69) is 10.6 Å². The Labute approximate surface area is 128 Å². The topological polar surface area (TPSA) is 64.9 Å². The number of nitriles is 1. The molecule has 0 unspecified atom stereocenters. The molecule has 2 aromatic rings. The van der Waals surface area contributed by atoms with Crippen molar-refractivity contribution in [2.45, 2.75) is 6.54 Å². The average Bonchev–Trinajstić information content (AvgIpc) is 2.53. The fourth-order valence-electron chi connectivity index (χ4n) is 1.84. The van der Waals surface area contributed by atoms with Gasteiger partial charge in [0, 0.05) is 24.8 Å². The van der Waals surface area contributed by atoms with Crippen molar-refractivity contribution >= 4 is 23.2 Å². The van der Waals surface area contributed by atoms with Gasteiger partial charge >= 0.3 is 0 Å². The summed E-state index contributed by atoms with van der Waals surface area (Å²) < 4.78 is 0. The van der Waals surface area contributed by atoms with Gasteiger partial charge in [-0.25, -0.2) is 0 Å².